The molecule has 3 nitrogen and oxygen atoms in total. The summed E-state index contributed by atoms with van der Waals surface area (Å²) in [6.07, 6.45) is 15.4. The molecule has 38 heavy (non-hydrogen) atoms. The van der Waals surface area contributed by atoms with Gasteiger partial charge in [0.25, 0.3) is 0 Å². The molecule has 4 aromatic rings. The highest BCUT2D eigenvalue weighted by molar-refractivity contribution is 6.13. The number of allylic oxidation sites excluding steroid dienone is 7. The topological polar surface area (TPSA) is 54.2 Å². The molecule has 0 bridgehead atoms. The van der Waals surface area contributed by atoms with E-state index in [0.29, 0.717) is 0 Å². The van der Waals surface area contributed by atoms with E-state index in [9.17, 15) is 0 Å². The van der Waals surface area contributed by atoms with Crippen LogP contribution >= 0.6 is 0 Å². The zero-order valence-electron chi connectivity index (χ0n) is 21.8. The minimum Gasteiger partial charge on any atom is -0.404 e. The third-order valence-corrected chi connectivity index (χ3v) is 6.73. The van der Waals surface area contributed by atoms with Gasteiger partial charge in [0.15, 0.2) is 0 Å². The van der Waals surface area contributed by atoms with Crippen LogP contribution in [0, 0.1) is 0 Å². The fraction of sp³-hybridized carbons (Fsp3) is 0.0571. The van der Waals surface area contributed by atoms with Crippen molar-refractivity contribution in [1.82, 2.24) is 4.98 Å². The molecule has 5 rings (SSSR count). The highest BCUT2D eigenvalue weighted by Crippen LogP contribution is 2.34. The van der Waals surface area contributed by atoms with Crippen molar-refractivity contribution in [2.45, 2.75) is 13.8 Å². The molecule has 3 heteroatoms. The maximum atomic E-state index is 6.02. The molecule has 0 spiro atoms. The number of rotatable bonds is 8. The van der Waals surface area contributed by atoms with Crippen LogP contribution < -0.4 is 5.73 Å². The van der Waals surface area contributed by atoms with Gasteiger partial charge in [0, 0.05) is 29.9 Å². The van der Waals surface area contributed by atoms with Crippen LogP contribution in [0.25, 0.3) is 44.7 Å². The Balaban J connectivity index is 1.64. The lowest BCUT2D eigenvalue weighted by atomic mass is 9.91. The summed E-state index contributed by atoms with van der Waals surface area (Å²) in [5.74, 6) is 0. The summed E-state index contributed by atoms with van der Waals surface area (Å²) < 4.78 is 0. The highest BCUT2D eigenvalue weighted by atomic mass is 14.7. The molecule has 0 radical (unpaired) electrons. The summed E-state index contributed by atoms with van der Waals surface area (Å²) in [7, 11) is 0. The van der Waals surface area contributed by atoms with E-state index in [0.717, 1.165) is 67.1 Å². The number of aromatic amines is 1. The molecule has 1 aliphatic rings. The Morgan fingerprint density at radius 2 is 1.50 bits per heavy atom. The summed E-state index contributed by atoms with van der Waals surface area (Å²) in [6, 6.07) is 26.1. The smallest absolute Gasteiger partial charge is 0.0717 e. The van der Waals surface area contributed by atoms with Crippen LogP contribution in [-0.4, -0.2) is 10.7 Å². The van der Waals surface area contributed by atoms with Crippen molar-refractivity contribution in [3.05, 3.63) is 145 Å². The number of aromatic nitrogens is 1. The predicted molar refractivity (Wildman–Crippen MR) is 164 cm³/mol. The van der Waals surface area contributed by atoms with E-state index in [1.165, 1.54) is 0 Å². The van der Waals surface area contributed by atoms with Gasteiger partial charge in [-0.05, 0) is 125 Å². The van der Waals surface area contributed by atoms with E-state index in [-0.39, 0.29) is 0 Å². The number of nitrogens with one attached hydrogen (secondary N) is 1. The largest absolute Gasteiger partial charge is 0.404 e. The molecule has 1 aromatic heterocycles. The van der Waals surface area contributed by atoms with Crippen LogP contribution in [-0.2, 0) is 0 Å². The molecule has 0 saturated heterocycles. The van der Waals surface area contributed by atoms with Crippen molar-refractivity contribution in [3.63, 3.8) is 0 Å². The average Bonchev–Trinajstić information content (AvgIpc) is 3.46. The van der Waals surface area contributed by atoms with Crippen LogP contribution in [0.15, 0.2) is 133 Å². The monoisotopic (exact) mass is 493 g/mol. The van der Waals surface area contributed by atoms with Gasteiger partial charge in [0.1, 0.15) is 0 Å². The van der Waals surface area contributed by atoms with E-state index < -0.39 is 0 Å². The molecular weight excluding hydrogens is 462 g/mol. The van der Waals surface area contributed by atoms with Gasteiger partial charge < -0.3 is 10.7 Å². The lowest BCUT2D eigenvalue weighted by Crippen LogP contribution is -2.03. The number of aliphatic imine (C=N–C) groups is 1. The molecule has 0 unspecified atom stereocenters. The first-order valence-corrected chi connectivity index (χ1v) is 12.7. The molecule has 0 atom stereocenters. The maximum absolute atomic E-state index is 6.02. The second kappa shape index (κ2) is 11.0. The van der Waals surface area contributed by atoms with Crippen molar-refractivity contribution in [2.24, 2.45) is 10.7 Å². The minimum atomic E-state index is 0.981. The number of benzene rings is 3. The van der Waals surface area contributed by atoms with E-state index in [4.69, 9.17) is 5.73 Å². The molecule has 186 valence electrons. The maximum Gasteiger partial charge on any atom is 0.0717 e. The fourth-order valence-electron chi connectivity index (χ4n) is 4.69. The normalized spacial score (nSPS) is 13.5. The Bertz CT molecular complexity index is 1640. The molecule has 0 saturated carbocycles. The van der Waals surface area contributed by atoms with Gasteiger partial charge in [-0.1, -0.05) is 49.1 Å². The molecule has 0 fully saturated rings. The second-order valence-corrected chi connectivity index (χ2v) is 9.30. The Morgan fingerprint density at radius 3 is 2.11 bits per heavy atom. The average molecular weight is 494 g/mol. The number of hydrogen-bond acceptors (Lipinski definition) is 2. The van der Waals surface area contributed by atoms with Gasteiger partial charge in [0.2, 0.25) is 0 Å². The van der Waals surface area contributed by atoms with Crippen LogP contribution in [0.5, 0.6) is 0 Å². The SMILES string of the molecule is C=C/C=C(\C)c1cc(C2=NC=C2)cc(-c2cccc(-c3cc(C(/C=C\C)=C/N)cc(-c4ccc[nH]4)c3)c2)c1. The van der Waals surface area contributed by atoms with E-state index >= 15 is 0 Å². The zero-order valence-corrected chi connectivity index (χ0v) is 21.8. The number of hydrogen-bond donors (Lipinski definition) is 2. The molecule has 2 heterocycles. The molecule has 0 aliphatic carbocycles. The number of nitrogens with two attached hydrogens (primary N) is 1. The number of H-pyrrole nitrogens is 1. The molecule has 3 N–H and O–H groups in total. The van der Waals surface area contributed by atoms with Gasteiger partial charge in [-0.2, -0.15) is 0 Å². The first kappa shape index (κ1) is 24.8. The fourth-order valence-corrected chi connectivity index (χ4v) is 4.69. The molecular formula is C35H31N3. The minimum absolute atomic E-state index is 0.981. The Labute approximate surface area is 224 Å². The molecule has 3 aromatic carbocycles. The van der Waals surface area contributed by atoms with Crippen molar-refractivity contribution >= 4 is 16.9 Å². The van der Waals surface area contributed by atoms with Crippen LogP contribution in [0.3, 0.4) is 0 Å². The lowest BCUT2D eigenvalue weighted by molar-refractivity contribution is 1.40. The van der Waals surface area contributed by atoms with Crippen LogP contribution in [0.1, 0.15) is 30.5 Å². The highest BCUT2D eigenvalue weighted by Gasteiger charge is 2.12. The van der Waals surface area contributed by atoms with Crippen LogP contribution in [0.2, 0.25) is 0 Å². The van der Waals surface area contributed by atoms with E-state index in [1.54, 1.807) is 6.20 Å². The van der Waals surface area contributed by atoms with Crippen LogP contribution in [0.4, 0.5) is 0 Å². The first-order chi connectivity index (χ1) is 18.6. The van der Waals surface area contributed by atoms with Gasteiger partial charge >= 0.3 is 0 Å². The van der Waals surface area contributed by atoms with Gasteiger partial charge in [-0.25, -0.2) is 0 Å². The summed E-state index contributed by atoms with van der Waals surface area (Å²) >= 11 is 0. The van der Waals surface area contributed by atoms with E-state index in [2.05, 4.69) is 90.2 Å². The quantitative estimate of drug-likeness (QED) is 0.237. The van der Waals surface area contributed by atoms with Gasteiger partial charge in [-0.15, -0.1) is 0 Å². The standard InChI is InChI=1S/C35H31N3/c1-4-8-24(3)28-17-29(20-32(18-28)35-13-15-38-35)25-10-6-11-26(16-25)30-19-31(27(23-36)9-5-2)22-33(21-30)34-12-7-14-37-34/h4-23,37H,1,36H2,2-3H3/b9-5-,24-8+,27-23+. The van der Waals surface area contributed by atoms with Gasteiger partial charge in [-0.3, -0.25) is 4.99 Å². The first-order valence-electron chi connectivity index (χ1n) is 12.7. The Morgan fingerprint density at radius 1 is 0.842 bits per heavy atom. The summed E-state index contributed by atoms with van der Waals surface area (Å²) in [4.78, 5) is 7.78. The Kier molecular flexibility index (Phi) is 7.19. The third-order valence-electron chi connectivity index (χ3n) is 6.73. The summed E-state index contributed by atoms with van der Waals surface area (Å²) in [5.41, 5.74) is 19.3. The predicted octanol–water partition coefficient (Wildman–Crippen LogP) is 8.80. The molecule has 1 aliphatic heterocycles. The van der Waals surface area contributed by atoms with Crippen molar-refractivity contribution in [2.75, 3.05) is 0 Å². The second-order valence-electron chi connectivity index (χ2n) is 9.30. The Hall–Kier alpha value is -4.89. The summed E-state index contributed by atoms with van der Waals surface area (Å²) in [5, 5.41) is 0. The van der Waals surface area contributed by atoms with Crippen molar-refractivity contribution in [3.8, 4) is 33.5 Å². The zero-order chi connectivity index (χ0) is 26.5. The van der Waals surface area contributed by atoms with E-state index in [1.807, 2.05) is 55.8 Å². The third kappa shape index (κ3) is 5.14. The lowest BCUT2D eigenvalue weighted by Gasteiger charge is -2.14. The number of nitrogens with zero attached hydrogens (tertiary/aromatic N) is 1. The van der Waals surface area contributed by atoms with Crippen molar-refractivity contribution < 1.29 is 0 Å². The summed E-state index contributed by atoms with van der Waals surface area (Å²) in [6.45, 7) is 7.98. The van der Waals surface area contributed by atoms with Crippen molar-refractivity contribution in [1.29, 1.82) is 0 Å². The molecule has 0 amide bonds. The van der Waals surface area contributed by atoms with Gasteiger partial charge in [0.05, 0.1) is 5.71 Å².